The topological polar surface area (TPSA) is 98.3 Å². The summed E-state index contributed by atoms with van der Waals surface area (Å²) in [5, 5.41) is 10.9. The highest BCUT2D eigenvalue weighted by atomic mass is 32.2. The number of nitro groups is 1. The van der Waals surface area contributed by atoms with Crippen LogP contribution in [-0.2, 0) is 16.6 Å². The molecule has 2 heterocycles. The Morgan fingerprint density at radius 3 is 2.82 bits per heavy atom. The molecule has 0 N–H and O–H groups in total. The van der Waals surface area contributed by atoms with E-state index in [0.717, 1.165) is 12.8 Å². The summed E-state index contributed by atoms with van der Waals surface area (Å²) >= 11 is 0. The molecular weight excluding hydrogens is 308 g/mol. The summed E-state index contributed by atoms with van der Waals surface area (Å²) in [4.78, 5) is 14.6. The molecule has 0 bridgehead atoms. The second-order valence-corrected chi connectivity index (χ2v) is 7.07. The van der Waals surface area contributed by atoms with Gasteiger partial charge in [-0.25, -0.2) is 13.4 Å². The van der Waals surface area contributed by atoms with Gasteiger partial charge in [0.2, 0.25) is 5.16 Å². The van der Waals surface area contributed by atoms with Crippen LogP contribution in [-0.4, -0.2) is 40.3 Å². The van der Waals surface area contributed by atoms with Crippen molar-refractivity contribution in [3.05, 3.63) is 28.3 Å². The lowest BCUT2D eigenvalue weighted by Crippen LogP contribution is -2.40. The van der Waals surface area contributed by atoms with E-state index in [2.05, 4.69) is 4.98 Å². The Morgan fingerprint density at radius 1 is 1.36 bits per heavy atom. The SMILES string of the molecule is CCCCN1CCn2c(nc3ccc([N+](=O)[O-])cc32)S1(=O)=O. The molecular formula is C13H16N4O4S. The van der Waals surface area contributed by atoms with E-state index in [-0.39, 0.29) is 10.8 Å². The summed E-state index contributed by atoms with van der Waals surface area (Å²) in [5.74, 6) is 0. The number of imidazole rings is 1. The van der Waals surface area contributed by atoms with Gasteiger partial charge >= 0.3 is 0 Å². The van der Waals surface area contributed by atoms with Crippen molar-refractivity contribution in [2.45, 2.75) is 31.5 Å². The van der Waals surface area contributed by atoms with E-state index >= 15 is 0 Å². The number of fused-ring (bicyclic) bond motifs is 3. The summed E-state index contributed by atoms with van der Waals surface area (Å²) < 4.78 is 28.2. The summed E-state index contributed by atoms with van der Waals surface area (Å²) in [6, 6.07) is 4.20. The standard InChI is InChI=1S/C13H16N4O4S/c1-2-3-6-15-7-8-16-12-9-10(17(18)19)4-5-11(12)14-13(16)22(15,20)21/h4-5,9H,2-3,6-8H2,1H3. The Bertz CT molecular complexity index is 843. The Morgan fingerprint density at radius 2 is 2.14 bits per heavy atom. The Hall–Kier alpha value is -2.00. The first-order valence-electron chi connectivity index (χ1n) is 7.10. The Kier molecular flexibility index (Phi) is 3.61. The van der Waals surface area contributed by atoms with E-state index in [0.29, 0.717) is 30.7 Å². The second kappa shape index (κ2) is 5.33. The third-order valence-electron chi connectivity index (χ3n) is 3.81. The van der Waals surface area contributed by atoms with Gasteiger partial charge in [0.1, 0.15) is 0 Å². The van der Waals surface area contributed by atoms with Gasteiger partial charge in [-0.1, -0.05) is 13.3 Å². The number of hydrogen-bond donors (Lipinski definition) is 0. The van der Waals surface area contributed by atoms with Crippen LogP contribution < -0.4 is 0 Å². The van der Waals surface area contributed by atoms with Crippen LogP contribution in [0.4, 0.5) is 5.69 Å². The van der Waals surface area contributed by atoms with E-state index in [4.69, 9.17) is 0 Å². The predicted octanol–water partition coefficient (Wildman–Crippen LogP) is 1.75. The van der Waals surface area contributed by atoms with Crippen LogP contribution in [0, 0.1) is 10.1 Å². The molecule has 0 atom stereocenters. The predicted molar refractivity (Wildman–Crippen MR) is 80.1 cm³/mol. The van der Waals surface area contributed by atoms with Gasteiger partial charge in [0.25, 0.3) is 15.7 Å². The van der Waals surface area contributed by atoms with Gasteiger partial charge in [-0.3, -0.25) is 10.1 Å². The van der Waals surface area contributed by atoms with Gasteiger partial charge in [0.05, 0.1) is 16.0 Å². The number of nitro benzene ring substituents is 1. The van der Waals surface area contributed by atoms with Crippen molar-refractivity contribution in [2.75, 3.05) is 13.1 Å². The molecule has 0 radical (unpaired) electrons. The van der Waals surface area contributed by atoms with E-state index < -0.39 is 14.9 Å². The highest BCUT2D eigenvalue weighted by molar-refractivity contribution is 7.89. The Balaban J connectivity index is 2.11. The maximum absolute atomic E-state index is 12.6. The molecule has 9 heteroatoms. The lowest BCUT2D eigenvalue weighted by molar-refractivity contribution is -0.384. The van der Waals surface area contributed by atoms with Crippen LogP contribution in [0.2, 0.25) is 0 Å². The number of unbranched alkanes of at least 4 members (excludes halogenated alkanes) is 1. The summed E-state index contributed by atoms with van der Waals surface area (Å²) in [6.45, 7) is 3.30. The minimum atomic E-state index is -3.63. The van der Waals surface area contributed by atoms with E-state index in [9.17, 15) is 18.5 Å². The first-order chi connectivity index (χ1) is 10.4. The van der Waals surface area contributed by atoms with E-state index in [1.54, 1.807) is 4.57 Å². The molecule has 118 valence electrons. The summed E-state index contributed by atoms with van der Waals surface area (Å²) in [5.41, 5.74) is 0.880. The van der Waals surface area contributed by atoms with Gasteiger partial charge in [-0.05, 0) is 12.5 Å². The largest absolute Gasteiger partial charge is 0.312 e. The van der Waals surface area contributed by atoms with Gasteiger partial charge in [-0.15, -0.1) is 0 Å². The molecule has 0 unspecified atom stereocenters. The summed E-state index contributed by atoms with van der Waals surface area (Å²) in [7, 11) is -3.63. The molecule has 0 fully saturated rings. The number of nitrogens with zero attached hydrogens (tertiary/aromatic N) is 4. The highest BCUT2D eigenvalue weighted by Crippen LogP contribution is 2.28. The van der Waals surface area contributed by atoms with Crippen LogP contribution in [0.3, 0.4) is 0 Å². The zero-order chi connectivity index (χ0) is 15.9. The number of non-ortho nitro benzene ring substituents is 1. The molecule has 1 aliphatic heterocycles. The third-order valence-corrected chi connectivity index (χ3v) is 5.63. The molecule has 1 aliphatic rings. The van der Waals surface area contributed by atoms with E-state index in [1.807, 2.05) is 6.92 Å². The van der Waals surface area contributed by atoms with Crippen molar-refractivity contribution in [1.82, 2.24) is 13.9 Å². The molecule has 0 amide bonds. The quantitative estimate of drug-likeness (QED) is 0.630. The molecule has 0 saturated heterocycles. The first kappa shape index (κ1) is 14.9. The molecule has 1 aromatic carbocycles. The molecule has 8 nitrogen and oxygen atoms in total. The maximum atomic E-state index is 12.6. The van der Waals surface area contributed by atoms with Crippen LogP contribution in [0.5, 0.6) is 0 Å². The van der Waals surface area contributed by atoms with Gasteiger partial charge in [-0.2, -0.15) is 4.31 Å². The van der Waals surface area contributed by atoms with Gasteiger partial charge in [0, 0.05) is 31.8 Å². The first-order valence-corrected chi connectivity index (χ1v) is 8.54. The van der Waals surface area contributed by atoms with Gasteiger partial charge < -0.3 is 4.57 Å². The van der Waals surface area contributed by atoms with Crippen molar-refractivity contribution in [3.8, 4) is 0 Å². The second-order valence-electron chi connectivity index (χ2n) is 5.23. The van der Waals surface area contributed by atoms with Crippen LogP contribution in [0.1, 0.15) is 19.8 Å². The average Bonchev–Trinajstić information content (AvgIpc) is 2.85. The minimum absolute atomic E-state index is 0.0228. The highest BCUT2D eigenvalue weighted by Gasteiger charge is 2.34. The Labute approximate surface area is 127 Å². The molecule has 22 heavy (non-hydrogen) atoms. The fraction of sp³-hybridized carbons (Fsp3) is 0.462. The molecule has 0 aliphatic carbocycles. The number of hydrogen-bond acceptors (Lipinski definition) is 5. The van der Waals surface area contributed by atoms with Crippen LogP contribution in [0.25, 0.3) is 11.0 Å². The molecule has 0 saturated carbocycles. The number of sulfonamides is 1. The molecule has 0 spiro atoms. The van der Waals surface area contributed by atoms with Crippen molar-refractivity contribution < 1.29 is 13.3 Å². The van der Waals surface area contributed by atoms with E-state index in [1.165, 1.54) is 22.5 Å². The number of benzene rings is 1. The fourth-order valence-electron chi connectivity index (χ4n) is 2.63. The molecule has 2 aromatic rings. The maximum Gasteiger partial charge on any atom is 0.277 e. The fourth-order valence-corrected chi connectivity index (χ4v) is 4.23. The minimum Gasteiger partial charge on any atom is -0.312 e. The van der Waals surface area contributed by atoms with Gasteiger partial charge in [0.15, 0.2) is 0 Å². The summed E-state index contributed by atoms with van der Waals surface area (Å²) in [6.07, 6.45) is 1.71. The lowest BCUT2D eigenvalue weighted by Gasteiger charge is -2.26. The monoisotopic (exact) mass is 324 g/mol. The van der Waals surface area contributed by atoms with Crippen molar-refractivity contribution in [3.63, 3.8) is 0 Å². The average molecular weight is 324 g/mol. The normalized spacial score (nSPS) is 17.5. The van der Waals surface area contributed by atoms with Crippen molar-refractivity contribution in [2.24, 2.45) is 0 Å². The smallest absolute Gasteiger partial charge is 0.277 e. The van der Waals surface area contributed by atoms with Crippen molar-refractivity contribution in [1.29, 1.82) is 0 Å². The number of rotatable bonds is 4. The zero-order valence-corrected chi connectivity index (χ0v) is 12.9. The molecule has 3 rings (SSSR count). The molecule has 1 aromatic heterocycles. The lowest BCUT2D eigenvalue weighted by atomic mass is 10.3. The third kappa shape index (κ3) is 2.26. The van der Waals surface area contributed by atoms with Crippen molar-refractivity contribution >= 4 is 26.7 Å². The number of aromatic nitrogens is 2. The van der Waals surface area contributed by atoms with Crippen LogP contribution in [0.15, 0.2) is 23.4 Å². The zero-order valence-electron chi connectivity index (χ0n) is 12.1. The van der Waals surface area contributed by atoms with Crippen LogP contribution >= 0.6 is 0 Å².